The SMILES string of the molecule is O=C(NCCc1[nH]cnc1-c1cccs1)c1ccccc1[N+](=O)[O-]. The molecule has 0 saturated carbocycles. The molecule has 0 aliphatic heterocycles. The van der Waals surface area contributed by atoms with Crippen LogP contribution < -0.4 is 5.32 Å². The number of aromatic amines is 1. The van der Waals surface area contributed by atoms with E-state index in [0.29, 0.717) is 13.0 Å². The summed E-state index contributed by atoms with van der Waals surface area (Å²) in [5.41, 5.74) is 1.65. The third kappa shape index (κ3) is 3.33. The first kappa shape index (κ1) is 15.9. The molecule has 2 heterocycles. The number of para-hydroxylation sites is 1. The highest BCUT2D eigenvalue weighted by Crippen LogP contribution is 2.25. The van der Waals surface area contributed by atoms with Crippen LogP contribution in [0.15, 0.2) is 48.1 Å². The van der Waals surface area contributed by atoms with Crippen LogP contribution in [0.1, 0.15) is 16.1 Å². The molecule has 122 valence electrons. The number of aromatic nitrogens is 2. The van der Waals surface area contributed by atoms with Gasteiger partial charge in [0, 0.05) is 24.7 Å². The molecule has 3 rings (SSSR count). The van der Waals surface area contributed by atoms with Gasteiger partial charge < -0.3 is 10.3 Å². The Morgan fingerprint density at radius 2 is 2.12 bits per heavy atom. The number of nitro groups is 1. The van der Waals surface area contributed by atoms with Crippen molar-refractivity contribution in [2.24, 2.45) is 0 Å². The minimum atomic E-state index is -0.557. The second-order valence-corrected chi connectivity index (χ2v) is 5.93. The van der Waals surface area contributed by atoms with Crippen LogP contribution in [0, 0.1) is 10.1 Å². The van der Waals surface area contributed by atoms with Gasteiger partial charge >= 0.3 is 0 Å². The molecule has 0 aliphatic carbocycles. The Bertz CT molecular complexity index is 858. The first-order chi connectivity index (χ1) is 11.7. The highest BCUT2D eigenvalue weighted by molar-refractivity contribution is 7.13. The smallest absolute Gasteiger partial charge is 0.282 e. The number of benzene rings is 1. The summed E-state index contributed by atoms with van der Waals surface area (Å²) in [6.45, 7) is 0.353. The van der Waals surface area contributed by atoms with Crippen molar-refractivity contribution in [1.82, 2.24) is 15.3 Å². The summed E-state index contributed by atoms with van der Waals surface area (Å²) in [6.07, 6.45) is 2.17. The Labute approximate surface area is 141 Å². The third-order valence-electron chi connectivity index (χ3n) is 3.48. The Morgan fingerprint density at radius 1 is 1.29 bits per heavy atom. The number of hydrogen-bond donors (Lipinski definition) is 2. The van der Waals surface area contributed by atoms with E-state index in [1.807, 2.05) is 17.5 Å². The molecule has 0 saturated heterocycles. The van der Waals surface area contributed by atoms with E-state index >= 15 is 0 Å². The van der Waals surface area contributed by atoms with Crippen LogP contribution in [-0.2, 0) is 6.42 Å². The van der Waals surface area contributed by atoms with E-state index in [9.17, 15) is 14.9 Å². The van der Waals surface area contributed by atoms with Gasteiger partial charge in [-0.05, 0) is 17.5 Å². The van der Waals surface area contributed by atoms with E-state index in [1.54, 1.807) is 23.7 Å². The van der Waals surface area contributed by atoms with Crippen molar-refractivity contribution < 1.29 is 9.72 Å². The topological polar surface area (TPSA) is 101 Å². The lowest BCUT2D eigenvalue weighted by Crippen LogP contribution is -2.26. The largest absolute Gasteiger partial charge is 0.351 e. The van der Waals surface area contributed by atoms with Crippen LogP contribution >= 0.6 is 11.3 Å². The number of hydrogen-bond acceptors (Lipinski definition) is 5. The number of rotatable bonds is 6. The molecule has 3 aromatic rings. The maximum Gasteiger partial charge on any atom is 0.282 e. The molecule has 8 heteroatoms. The van der Waals surface area contributed by atoms with Crippen molar-refractivity contribution in [1.29, 1.82) is 0 Å². The predicted octanol–water partition coefficient (Wildman–Crippen LogP) is 3.02. The number of carbonyl (C=O) groups excluding carboxylic acids is 1. The Hall–Kier alpha value is -3.00. The van der Waals surface area contributed by atoms with Crippen LogP contribution in [0.4, 0.5) is 5.69 Å². The van der Waals surface area contributed by atoms with Crippen molar-refractivity contribution in [2.45, 2.75) is 6.42 Å². The van der Waals surface area contributed by atoms with Gasteiger partial charge in [0.25, 0.3) is 11.6 Å². The highest BCUT2D eigenvalue weighted by Gasteiger charge is 2.19. The Kier molecular flexibility index (Phi) is 4.66. The first-order valence-corrected chi connectivity index (χ1v) is 8.12. The minimum absolute atomic E-state index is 0.0607. The summed E-state index contributed by atoms with van der Waals surface area (Å²) >= 11 is 1.59. The summed E-state index contributed by atoms with van der Waals surface area (Å²) in [7, 11) is 0. The fourth-order valence-electron chi connectivity index (χ4n) is 2.36. The zero-order valence-corrected chi connectivity index (χ0v) is 13.4. The standard InChI is InChI=1S/C16H14N4O3S/c21-16(11-4-1-2-5-13(11)20(22)23)17-8-7-12-15(19-10-18-12)14-6-3-9-24-14/h1-6,9-10H,7-8H2,(H,17,21)(H,18,19). The van der Waals surface area contributed by atoms with Crippen LogP contribution in [0.2, 0.25) is 0 Å². The van der Waals surface area contributed by atoms with Gasteiger partial charge in [-0.15, -0.1) is 11.3 Å². The van der Waals surface area contributed by atoms with Crippen LogP contribution in [0.25, 0.3) is 10.6 Å². The molecule has 0 aliphatic rings. The van der Waals surface area contributed by atoms with Gasteiger partial charge in [-0.1, -0.05) is 18.2 Å². The monoisotopic (exact) mass is 342 g/mol. The molecule has 0 unspecified atom stereocenters. The molecular formula is C16H14N4O3S. The number of thiophene rings is 1. The quantitative estimate of drug-likeness (QED) is 0.531. The summed E-state index contributed by atoms with van der Waals surface area (Å²) in [6, 6.07) is 9.84. The average molecular weight is 342 g/mol. The van der Waals surface area contributed by atoms with E-state index in [2.05, 4.69) is 15.3 Å². The van der Waals surface area contributed by atoms with Gasteiger partial charge in [-0.3, -0.25) is 14.9 Å². The second-order valence-electron chi connectivity index (χ2n) is 4.99. The lowest BCUT2D eigenvalue weighted by molar-refractivity contribution is -0.385. The van der Waals surface area contributed by atoms with Gasteiger partial charge in [0.05, 0.1) is 16.1 Å². The van der Waals surface area contributed by atoms with E-state index in [0.717, 1.165) is 16.3 Å². The molecule has 2 aromatic heterocycles. The molecule has 1 aromatic carbocycles. The van der Waals surface area contributed by atoms with Crippen molar-refractivity contribution in [2.75, 3.05) is 6.54 Å². The lowest BCUT2D eigenvalue weighted by Gasteiger charge is -2.06. The fraction of sp³-hybridized carbons (Fsp3) is 0.125. The number of nitrogens with one attached hydrogen (secondary N) is 2. The summed E-state index contributed by atoms with van der Waals surface area (Å²) in [4.78, 5) is 31.0. The number of H-pyrrole nitrogens is 1. The molecule has 24 heavy (non-hydrogen) atoms. The average Bonchev–Trinajstić information content (AvgIpc) is 3.25. The maximum absolute atomic E-state index is 12.2. The summed E-state index contributed by atoms with van der Waals surface area (Å²) in [5, 5.41) is 15.7. The summed E-state index contributed by atoms with van der Waals surface area (Å²) in [5.74, 6) is -0.459. The molecule has 0 bridgehead atoms. The Balaban J connectivity index is 1.65. The van der Waals surface area contributed by atoms with Crippen molar-refractivity contribution in [3.05, 3.63) is 69.5 Å². The van der Waals surface area contributed by atoms with Gasteiger partial charge in [0.2, 0.25) is 0 Å². The van der Waals surface area contributed by atoms with E-state index < -0.39 is 10.8 Å². The third-order valence-corrected chi connectivity index (χ3v) is 4.36. The summed E-state index contributed by atoms with van der Waals surface area (Å²) < 4.78 is 0. The zero-order valence-electron chi connectivity index (χ0n) is 12.6. The van der Waals surface area contributed by atoms with Gasteiger partial charge in [0.1, 0.15) is 11.3 Å². The van der Waals surface area contributed by atoms with Gasteiger partial charge in [0.15, 0.2) is 0 Å². The second kappa shape index (κ2) is 7.05. The Morgan fingerprint density at radius 3 is 2.88 bits per heavy atom. The predicted molar refractivity (Wildman–Crippen MR) is 91.0 cm³/mol. The normalized spacial score (nSPS) is 10.5. The molecule has 0 radical (unpaired) electrons. The van der Waals surface area contributed by atoms with E-state index in [-0.39, 0.29) is 11.3 Å². The number of amides is 1. The van der Waals surface area contributed by atoms with Gasteiger partial charge in [-0.2, -0.15) is 0 Å². The minimum Gasteiger partial charge on any atom is -0.351 e. The number of nitrogens with zero attached hydrogens (tertiary/aromatic N) is 2. The highest BCUT2D eigenvalue weighted by atomic mass is 32.1. The number of nitro benzene ring substituents is 1. The van der Waals surface area contributed by atoms with Crippen LogP contribution in [0.5, 0.6) is 0 Å². The van der Waals surface area contributed by atoms with Crippen molar-refractivity contribution in [3.8, 4) is 10.6 Å². The molecule has 1 amide bonds. The molecule has 7 nitrogen and oxygen atoms in total. The zero-order chi connectivity index (χ0) is 16.9. The van der Waals surface area contributed by atoms with Gasteiger partial charge in [-0.25, -0.2) is 4.98 Å². The fourth-order valence-corrected chi connectivity index (χ4v) is 3.11. The number of imidazole rings is 1. The maximum atomic E-state index is 12.2. The van der Waals surface area contributed by atoms with E-state index in [4.69, 9.17) is 0 Å². The molecule has 0 spiro atoms. The van der Waals surface area contributed by atoms with Crippen molar-refractivity contribution >= 4 is 22.9 Å². The molecule has 0 atom stereocenters. The van der Waals surface area contributed by atoms with E-state index in [1.165, 1.54) is 18.2 Å². The van der Waals surface area contributed by atoms with Crippen molar-refractivity contribution in [3.63, 3.8) is 0 Å². The first-order valence-electron chi connectivity index (χ1n) is 7.24. The molecule has 2 N–H and O–H groups in total. The molecule has 0 fully saturated rings. The number of carbonyl (C=O) groups is 1. The molecular weight excluding hydrogens is 328 g/mol. The van der Waals surface area contributed by atoms with Crippen LogP contribution in [0.3, 0.4) is 0 Å². The van der Waals surface area contributed by atoms with Crippen LogP contribution in [-0.4, -0.2) is 27.3 Å². The lowest BCUT2D eigenvalue weighted by atomic mass is 10.1.